The second-order valence-electron chi connectivity index (χ2n) is 3.87. The van der Waals surface area contributed by atoms with Crippen LogP contribution in [0.25, 0.3) is 0 Å². The minimum absolute atomic E-state index is 0.303. The summed E-state index contributed by atoms with van der Waals surface area (Å²) in [4.78, 5) is 11.9. The number of aromatic nitrogens is 2. The van der Waals surface area contributed by atoms with Crippen LogP contribution in [-0.2, 0) is 7.05 Å². The van der Waals surface area contributed by atoms with E-state index in [1.54, 1.807) is 36.0 Å². The van der Waals surface area contributed by atoms with Crippen molar-refractivity contribution < 1.29 is 4.79 Å². The molecule has 0 radical (unpaired) electrons. The van der Waals surface area contributed by atoms with Crippen LogP contribution >= 0.6 is 23.2 Å². The topological polar surface area (TPSA) is 46.9 Å². The quantitative estimate of drug-likeness (QED) is 0.919. The highest BCUT2D eigenvalue weighted by molar-refractivity contribution is 6.36. The van der Waals surface area contributed by atoms with Crippen molar-refractivity contribution in [2.45, 2.75) is 6.92 Å². The highest BCUT2D eigenvalue weighted by atomic mass is 35.5. The molecule has 0 fully saturated rings. The van der Waals surface area contributed by atoms with Gasteiger partial charge in [-0.1, -0.05) is 23.2 Å². The van der Waals surface area contributed by atoms with E-state index in [4.69, 9.17) is 23.2 Å². The molecule has 0 atom stereocenters. The van der Waals surface area contributed by atoms with Gasteiger partial charge in [0, 0.05) is 17.8 Å². The van der Waals surface area contributed by atoms with E-state index in [1.807, 2.05) is 6.92 Å². The van der Waals surface area contributed by atoms with Gasteiger partial charge in [-0.15, -0.1) is 0 Å². The van der Waals surface area contributed by atoms with Crippen LogP contribution in [0.3, 0.4) is 0 Å². The number of halogens is 2. The number of amides is 1. The van der Waals surface area contributed by atoms with Crippen molar-refractivity contribution in [1.82, 2.24) is 9.78 Å². The van der Waals surface area contributed by atoms with E-state index >= 15 is 0 Å². The first-order valence-corrected chi connectivity index (χ1v) is 6.00. The monoisotopic (exact) mass is 283 g/mol. The molecule has 6 heteroatoms. The summed E-state index contributed by atoms with van der Waals surface area (Å²) >= 11 is 11.8. The third-order valence-electron chi connectivity index (χ3n) is 2.53. The van der Waals surface area contributed by atoms with Gasteiger partial charge in [0.15, 0.2) is 5.69 Å². The summed E-state index contributed by atoms with van der Waals surface area (Å²) in [5, 5.41) is 7.69. The molecule has 0 bridgehead atoms. The number of rotatable bonds is 2. The van der Waals surface area contributed by atoms with Gasteiger partial charge >= 0.3 is 0 Å². The van der Waals surface area contributed by atoms with Crippen LogP contribution < -0.4 is 5.32 Å². The van der Waals surface area contributed by atoms with E-state index in [0.717, 1.165) is 5.69 Å². The van der Waals surface area contributed by atoms with Crippen LogP contribution in [0.5, 0.6) is 0 Å². The molecule has 1 aromatic heterocycles. The lowest BCUT2D eigenvalue weighted by atomic mass is 10.3. The highest BCUT2D eigenvalue weighted by Crippen LogP contribution is 2.25. The molecule has 0 aliphatic carbocycles. The number of carbonyl (C=O) groups excluding carboxylic acids is 1. The molecule has 4 nitrogen and oxygen atoms in total. The first-order chi connectivity index (χ1) is 8.47. The van der Waals surface area contributed by atoms with Crippen molar-refractivity contribution in [3.8, 4) is 0 Å². The normalized spacial score (nSPS) is 10.4. The molecule has 1 amide bonds. The summed E-state index contributed by atoms with van der Waals surface area (Å²) in [6.45, 7) is 1.87. The van der Waals surface area contributed by atoms with Crippen molar-refractivity contribution in [2.75, 3.05) is 5.32 Å². The Morgan fingerprint density at radius 2 is 2.06 bits per heavy atom. The highest BCUT2D eigenvalue weighted by Gasteiger charge is 2.12. The molecule has 18 heavy (non-hydrogen) atoms. The van der Waals surface area contributed by atoms with Crippen molar-refractivity contribution in [3.63, 3.8) is 0 Å². The number of hydrogen-bond donors (Lipinski definition) is 1. The van der Waals surface area contributed by atoms with Gasteiger partial charge in [0.25, 0.3) is 5.91 Å². The van der Waals surface area contributed by atoms with Gasteiger partial charge in [-0.3, -0.25) is 9.48 Å². The Labute approximate surface area is 115 Å². The van der Waals surface area contributed by atoms with Crippen LogP contribution in [0.15, 0.2) is 24.3 Å². The molecule has 0 spiro atoms. The van der Waals surface area contributed by atoms with Gasteiger partial charge in [0.2, 0.25) is 0 Å². The molecule has 2 rings (SSSR count). The molecule has 0 saturated heterocycles. The van der Waals surface area contributed by atoms with Gasteiger partial charge < -0.3 is 5.32 Å². The smallest absolute Gasteiger partial charge is 0.276 e. The maximum absolute atomic E-state index is 11.9. The molecule has 0 aliphatic heterocycles. The Hall–Kier alpha value is -1.52. The van der Waals surface area contributed by atoms with Crippen LogP contribution in [0.1, 0.15) is 16.2 Å². The average molecular weight is 284 g/mol. The fourth-order valence-corrected chi connectivity index (χ4v) is 1.90. The van der Waals surface area contributed by atoms with Crippen molar-refractivity contribution >= 4 is 34.8 Å². The summed E-state index contributed by atoms with van der Waals surface area (Å²) in [7, 11) is 1.78. The third kappa shape index (κ3) is 2.66. The Morgan fingerprint density at radius 3 is 2.61 bits per heavy atom. The second-order valence-corrected chi connectivity index (χ2v) is 4.72. The lowest BCUT2D eigenvalue weighted by molar-refractivity contribution is 0.102. The maximum atomic E-state index is 11.9. The van der Waals surface area contributed by atoms with E-state index in [9.17, 15) is 4.79 Å². The Balaban J connectivity index is 2.21. The first-order valence-electron chi connectivity index (χ1n) is 5.24. The number of aryl methyl sites for hydroxylation is 2. The van der Waals surface area contributed by atoms with E-state index in [0.29, 0.717) is 21.4 Å². The van der Waals surface area contributed by atoms with Crippen LogP contribution in [-0.4, -0.2) is 15.7 Å². The summed E-state index contributed by atoms with van der Waals surface area (Å²) < 4.78 is 1.64. The number of carbonyl (C=O) groups is 1. The summed E-state index contributed by atoms with van der Waals surface area (Å²) in [6.07, 6.45) is 0. The Morgan fingerprint density at radius 1 is 1.33 bits per heavy atom. The molecule has 94 valence electrons. The Bertz CT molecular complexity index is 588. The lowest BCUT2D eigenvalue weighted by Crippen LogP contribution is -2.13. The number of nitrogens with one attached hydrogen (secondary N) is 1. The standard InChI is InChI=1S/C12H11Cl2N3O/c1-7-5-11(16-17(7)2)12(18)15-10-4-3-8(13)6-9(10)14/h3-6H,1-2H3,(H,15,18). The van der Waals surface area contributed by atoms with Gasteiger partial charge in [0.1, 0.15) is 0 Å². The molecular weight excluding hydrogens is 273 g/mol. The van der Waals surface area contributed by atoms with Gasteiger partial charge in [-0.2, -0.15) is 5.10 Å². The zero-order chi connectivity index (χ0) is 13.3. The average Bonchev–Trinajstić information content (AvgIpc) is 2.63. The predicted molar refractivity (Wildman–Crippen MR) is 72.4 cm³/mol. The van der Waals surface area contributed by atoms with E-state index in [1.165, 1.54) is 0 Å². The summed E-state index contributed by atoms with van der Waals surface area (Å²) in [6, 6.07) is 6.59. The molecule has 1 aromatic carbocycles. The zero-order valence-corrected chi connectivity index (χ0v) is 11.4. The van der Waals surface area contributed by atoms with Gasteiger partial charge in [0.05, 0.1) is 10.7 Å². The van der Waals surface area contributed by atoms with Gasteiger partial charge in [-0.05, 0) is 31.2 Å². The molecule has 0 aliphatic rings. The Kier molecular flexibility index (Phi) is 3.59. The zero-order valence-electron chi connectivity index (χ0n) is 9.87. The minimum atomic E-state index is -0.303. The molecular formula is C12H11Cl2N3O. The fourth-order valence-electron chi connectivity index (χ4n) is 1.45. The molecule has 1 heterocycles. The predicted octanol–water partition coefficient (Wildman–Crippen LogP) is 3.29. The molecule has 1 N–H and O–H groups in total. The largest absolute Gasteiger partial charge is 0.319 e. The SMILES string of the molecule is Cc1cc(C(=O)Nc2ccc(Cl)cc2Cl)nn1C. The van der Waals surface area contributed by atoms with Crippen LogP contribution in [0, 0.1) is 6.92 Å². The summed E-state index contributed by atoms with van der Waals surface area (Å²) in [5.41, 5.74) is 1.76. The lowest BCUT2D eigenvalue weighted by Gasteiger charge is -2.05. The van der Waals surface area contributed by atoms with E-state index in [2.05, 4.69) is 10.4 Å². The maximum Gasteiger partial charge on any atom is 0.276 e. The second kappa shape index (κ2) is 5.00. The molecule has 0 saturated carbocycles. The van der Waals surface area contributed by atoms with Gasteiger partial charge in [-0.25, -0.2) is 0 Å². The van der Waals surface area contributed by atoms with Crippen molar-refractivity contribution in [1.29, 1.82) is 0 Å². The fraction of sp³-hybridized carbons (Fsp3) is 0.167. The third-order valence-corrected chi connectivity index (χ3v) is 3.07. The summed E-state index contributed by atoms with van der Waals surface area (Å²) in [5.74, 6) is -0.303. The number of hydrogen-bond acceptors (Lipinski definition) is 2. The number of nitrogens with zero attached hydrogens (tertiary/aromatic N) is 2. The number of anilines is 1. The number of benzene rings is 1. The minimum Gasteiger partial charge on any atom is -0.319 e. The van der Waals surface area contributed by atoms with Crippen molar-refractivity contribution in [3.05, 3.63) is 45.7 Å². The molecule has 0 unspecified atom stereocenters. The van der Waals surface area contributed by atoms with E-state index < -0.39 is 0 Å². The van der Waals surface area contributed by atoms with E-state index in [-0.39, 0.29) is 5.91 Å². The van der Waals surface area contributed by atoms with Crippen LogP contribution in [0.2, 0.25) is 10.0 Å². The van der Waals surface area contributed by atoms with Crippen LogP contribution in [0.4, 0.5) is 5.69 Å². The molecule has 2 aromatic rings. The first kappa shape index (κ1) is 12.9. The van der Waals surface area contributed by atoms with Crippen molar-refractivity contribution in [2.24, 2.45) is 7.05 Å².